The summed E-state index contributed by atoms with van der Waals surface area (Å²) in [6.07, 6.45) is 4.13. The van der Waals surface area contributed by atoms with Crippen LogP contribution in [-0.2, 0) is 11.2 Å². The van der Waals surface area contributed by atoms with Gasteiger partial charge in [0.15, 0.2) is 0 Å². The zero-order valence-corrected chi connectivity index (χ0v) is 16.0. The van der Waals surface area contributed by atoms with E-state index in [0.29, 0.717) is 6.42 Å². The molecular weight excluding hydrogens is 332 g/mol. The van der Waals surface area contributed by atoms with Crippen LogP contribution in [0.2, 0.25) is 0 Å². The van der Waals surface area contributed by atoms with Gasteiger partial charge < -0.3 is 10.2 Å². The maximum atomic E-state index is 12.3. The molecule has 3 rings (SSSR count). The standard InChI is InChI=1S/C19H28N4OS/c1-22(18(24)10-14-23(2)25-17-7-8-17)13-9-15-3-5-16(6-4-15)19-20-11-12-21-19/h3-6,17H,7-14H2,1-2H3,(H,20,21). The lowest BCUT2D eigenvalue weighted by molar-refractivity contribution is -0.129. The fraction of sp³-hybridized carbons (Fsp3) is 0.579. The summed E-state index contributed by atoms with van der Waals surface area (Å²) < 4.78 is 2.21. The molecule has 1 amide bonds. The van der Waals surface area contributed by atoms with Crippen molar-refractivity contribution in [3.63, 3.8) is 0 Å². The van der Waals surface area contributed by atoms with Gasteiger partial charge >= 0.3 is 0 Å². The highest BCUT2D eigenvalue weighted by atomic mass is 32.2. The minimum absolute atomic E-state index is 0.226. The molecule has 1 heterocycles. The first-order valence-electron chi connectivity index (χ1n) is 9.11. The minimum Gasteiger partial charge on any atom is -0.368 e. The highest BCUT2D eigenvalue weighted by Crippen LogP contribution is 2.35. The summed E-state index contributed by atoms with van der Waals surface area (Å²) in [5.41, 5.74) is 2.39. The zero-order valence-electron chi connectivity index (χ0n) is 15.2. The lowest BCUT2D eigenvalue weighted by Gasteiger charge is -2.20. The predicted molar refractivity (Wildman–Crippen MR) is 105 cm³/mol. The second-order valence-electron chi connectivity index (χ2n) is 6.83. The van der Waals surface area contributed by atoms with E-state index in [4.69, 9.17) is 0 Å². The van der Waals surface area contributed by atoms with Gasteiger partial charge in [0.25, 0.3) is 0 Å². The van der Waals surface area contributed by atoms with Crippen LogP contribution in [0.25, 0.3) is 0 Å². The van der Waals surface area contributed by atoms with Gasteiger partial charge in [0.1, 0.15) is 5.84 Å². The van der Waals surface area contributed by atoms with Crippen molar-refractivity contribution in [2.45, 2.75) is 30.9 Å². The van der Waals surface area contributed by atoms with E-state index in [9.17, 15) is 4.79 Å². The Hall–Kier alpha value is -1.53. The quantitative estimate of drug-likeness (QED) is 0.686. The van der Waals surface area contributed by atoms with Gasteiger partial charge in [-0.15, -0.1) is 0 Å². The number of nitrogens with one attached hydrogen (secondary N) is 1. The van der Waals surface area contributed by atoms with Crippen molar-refractivity contribution in [2.24, 2.45) is 4.99 Å². The highest BCUT2D eigenvalue weighted by Gasteiger charge is 2.24. The van der Waals surface area contributed by atoms with Gasteiger partial charge in [0.05, 0.1) is 6.54 Å². The average Bonchev–Trinajstić information content (AvgIpc) is 3.26. The van der Waals surface area contributed by atoms with Crippen molar-refractivity contribution in [3.05, 3.63) is 35.4 Å². The number of likely N-dealkylation sites (N-methyl/N-ethyl adjacent to an activating group) is 1. The number of hydrogen-bond acceptors (Lipinski definition) is 5. The number of aliphatic imine (C=N–C) groups is 1. The Morgan fingerprint density at radius 3 is 2.64 bits per heavy atom. The second kappa shape index (κ2) is 8.72. The Labute approximate surface area is 155 Å². The van der Waals surface area contributed by atoms with Gasteiger partial charge in [-0.25, -0.2) is 0 Å². The van der Waals surface area contributed by atoms with E-state index in [1.165, 1.54) is 18.4 Å². The molecule has 0 unspecified atom stereocenters. The number of rotatable bonds is 9. The third kappa shape index (κ3) is 5.75. The Morgan fingerprint density at radius 2 is 2.00 bits per heavy atom. The minimum atomic E-state index is 0.226. The Kier molecular flexibility index (Phi) is 6.37. The van der Waals surface area contributed by atoms with Gasteiger partial charge in [0, 0.05) is 43.9 Å². The first kappa shape index (κ1) is 18.3. The van der Waals surface area contributed by atoms with Gasteiger partial charge in [-0.05, 0) is 31.9 Å². The number of hydrogen-bond donors (Lipinski definition) is 1. The van der Waals surface area contributed by atoms with E-state index in [-0.39, 0.29) is 5.91 Å². The van der Waals surface area contributed by atoms with Crippen LogP contribution in [0.15, 0.2) is 29.3 Å². The molecule has 5 nitrogen and oxygen atoms in total. The molecule has 2 aliphatic rings. The number of amidine groups is 1. The topological polar surface area (TPSA) is 47.9 Å². The molecule has 1 aliphatic carbocycles. The van der Waals surface area contributed by atoms with Crippen LogP contribution in [0.5, 0.6) is 0 Å². The molecule has 1 aliphatic heterocycles. The molecule has 0 radical (unpaired) electrons. The van der Waals surface area contributed by atoms with Crippen LogP contribution in [-0.4, -0.2) is 66.5 Å². The van der Waals surface area contributed by atoms with Crippen LogP contribution in [0.3, 0.4) is 0 Å². The lowest BCUT2D eigenvalue weighted by atomic mass is 10.1. The molecule has 136 valence electrons. The van der Waals surface area contributed by atoms with Crippen LogP contribution < -0.4 is 5.32 Å². The van der Waals surface area contributed by atoms with E-state index < -0.39 is 0 Å². The van der Waals surface area contributed by atoms with Crippen molar-refractivity contribution in [1.82, 2.24) is 14.5 Å². The SMILES string of the molecule is CN(CCC(=O)N(C)CCc1ccc(C2=NCCN2)cc1)SC1CC1. The van der Waals surface area contributed by atoms with E-state index in [2.05, 4.69) is 45.9 Å². The van der Waals surface area contributed by atoms with Gasteiger partial charge in [0.2, 0.25) is 5.91 Å². The fourth-order valence-corrected chi connectivity index (χ4v) is 3.82. The fourth-order valence-electron chi connectivity index (χ4n) is 2.77. The van der Waals surface area contributed by atoms with Crippen molar-refractivity contribution in [1.29, 1.82) is 0 Å². The summed E-state index contributed by atoms with van der Waals surface area (Å²) in [5.74, 6) is 1.22. The van der Waals surface area contributed by atoms with E-state index >= 15 is 0 Å². The van der Waals surface area contributed by atoms with Crippen molar-refractivity contribution in [3.8, 4) is 0 Å². The summed E-state index contributed by atoms with van der Waals surface area (Å²) in [4.78, 5) is 18.6. The van der Waals surface area contributed by atoms with Crippen LogP contribution in [0, 0.1) is 0 Å². The third-order valence-electron chi connectivity index (χ3n) is 4.56. The highest BCUT2D eigenvalue weighted by molar-refractivity contribution is 7.97. The van der Waals surface area contributed by atoms with E-state index in [0.717, 1.165) is 49.2 Å². The maximum absolute atomic E-state index is 12.3. The molecule has 1 fully saturated rings. The van der Waals surface area contributed by atoms with Gasteiger partial charge in [-0.2, -0.15) is 0 Å². The summed E-state index contributed by atoms with van der Waals surface area (Å²) >= 11 is 1.89. The van der Waals surface area contributed by atoms with Gasteiger partial charge in [-0.1, -0.05) is 36.2 Å². The summed E-state index contributed by atoms with van der Waals surface area (Å²) in [6.45, 7) is 3.38. The molecule has 0 spiro atoms. The number of nitrogens with zero attached hydrogens (tertiary/aromatic N) is 3. The van der Waals surface area contributed by atoms with E-state index in [1.807, 2.05) is 23.9 Å². The maximum Gasteiger partial charge on any atom is 0.223 e. The summed E-state index contributed by atoms with van der Waals surface area (Å²) in [7, 11) is 3.99. The second-order valence-corrected chi connectivity index (χ2v) is 8.33. The van der Waals surface area contributed by atoms with Crippen LogP contribution in [0.4, 0.5) is 0 Å². The molecule has 0 atom stereocenters. The first-order chi connectivity index (χ1) is 12.1. The van der Waals surface area contributed by atoms with Crippen LogP contribution in [0.1, 0.15) is 30.4 Å². The van der Waals surface area contributed by atoms with Gasteiger partial charge in [-0.3, -0.25) is 14.1 Å². The number of carbonyl (C=O) groups excluding carboxylic acids is 1. The smallest absolute Gasteiger partial charge is 0.223 e. The van der Waals surface area contributed by atoms with Crippen molar-refractivity contribution < 1.29 is 4.79 Å². The molecule has 1 saturated carbocycles. The predicted octanol–water partition coefficient (Wildman–Crippen LogP) is 2.17. The average molecular weight is 361 g/mol. The molecule has 1 aromatic carbocycles. The number of amides is 1. The number of carbonyl (C=O) groups is 1. The molecule has 1 aromatic rings. The first-order valence-corrected chi connectivity index (χ1v) is 9.95. The molecule has 0 bridgehead atoms. The third-order valence-corrected chi connectivity index (χ3v) is 5.87. The molecule has 1 N–H and O–H groups in total. The lowest BCUT2D eigenvalue weighted by Crippen LogP contribution is -2.31. The number of benzene rings is 1. The Morgan fingerprint density at radius 1 is 1.24 bits per heavy atom. The van der Waals surface area contributed by atoms with Crippen molar-refractivity contribution >= 4 is 23.7 Å². The monoisotopic (exact) mass is 360 g/mol. The Balaban J connectivity index is 1.38. The normalized spacial score (nSPS) is 16.7. The summed E-state index contributed by atoms with van der Waals surface area (Å²) in [6, 6.07) is 8.49. The molecule has 6 heteroatoms. The largest absolute Gasteiger partial charge is 0.368 e. The molecule has 25 heavy (non-hydrogen) atoms. The zero-order chi connectivity index (χ0) is 17.6. The molecule has 0 saturated heterocycles. The van der Waals surface area contributed by atoms with E-state index in [1.54, 1.807) is 0 Å². The molecule has 0 aromatic heterocycles. The van der Waals surface area contributed by atoms with Crippen LogP contribution >= 0.6 is 11.9 Å². The molecular formula is C19H28N4OS. The Bertz CT molecular complexity index is 612. The van der Waals surface area contributed by atoms with Crippen molar-refractivity contribution in [2.75, 3.05) is 40.3 Å². The summed E-state index contributed by atoms with van der Waals surface area (Å²) in [5, 5.41) is 4.09.